The molecule has 0 spiro atoms. The third-order valence-corrected chi connectivity index (χ3v) is 5.58. The van der Waals surface area contributed by atoms with Gasteiger partial charge in [0.05, 0.1) is 0 Å². The number of likely N-dealkylation sites (N-methyl/N-ethyl adjacent to an activating group) is 1. The fourth-order valence-corrected chi connectivity index (χ4v) is 3.76. The van der Waals surface area contributed by atoms with Crippen molar-refractivity contribution in [2.24, 2.45) is 5.92 Å². The van der Waals surface area contributed by atoms with E-state index in [2.05, 4.69) is 11.9 Å². The summed E-state index contributed by atoms with van der Waals surface area (Å²) in [5, 5.41) is 0. The Hall–Kier alpha value is -1.95. The number of piperazine rings is 1. The summed E-state index contributed by atoms with van der Waals surface area (Å²) in [5.41, 5.74) is 0.584. The molecule has 0 unspecified atom stereocenters. The topological polar surface area (TPSA) is 43.9 Å². The molecule has 2 aliphatic rings. The number of piperidine rings is 1. The number of benzene rings is 1. The molecule has 0 aromatic heterocycles. The number of halogens is 1. The molecule has 0 atom stereocenters. The maximum Gasteiger partial charge on any atom is 0.225 e. The fourth-order valence-electron chi connectivity index (χ4n) is 3.76. The van der Waals surface area contributed by atoms with Gasteiger partial charge in [0.2, 0.25) is 11.8 Å². The molecule has 0 aliphatic carbocycles. The minimum atomic E-state index is -0.253. The summed E-state index contributed by atoms with van der Waals surface area (Å²) in [5.74, 6) is 0.0844. The first kappa shape index (κ1) is 18.8. The van der Waals surface area contributed by atoms with E-state index < -0.39 is 0 Å². The monoisotopic (exact) mass is 361 g/mol. The highest BCUT2D eigenvalue weighted by Crippen LogP contribution is 2.21. The standard InChI is InChI=1S/C20H28FN3O2/c1-22-12-14-24(15-13-22)20(26)17-8-10-23(11-9-17)19(25)7-6-16-4-2-3-5-18(16)21/h2-5,17H,6-15H2,1H3. The first-order valence-corrected chi connectivity index (χ1v) is 9.53. The number of amides is 2. The molecule has 2 heterocycles. The Morgan fingerprint density at radius 2 is 1.65 bits per heavy atom. The Bertz CT molecular complexity index is 636. The minimum Gasteiger partial charge on any atom is -0.343 e. The van der Waals surface area contributed by atoms with Crippen LogP contribution in [0.1, 0.15) is 24.8 Å². The number of hydrogen-bond donors (Lipinski definition) is 0. The number of likely N-dealkylation sites (tertiary alicyclic amines) is 1. The highest BCUT2D eigenvalue weighted by Gasteiger charge is 2.31. The summed E-state index contributed by atoms with van der Waals surface area (Å²) >= 11 is 0. The highest BCUT2D eigenvalue weighted by molar-refractivity contribution is 5.80. The van der Waals surface area contributed by atoms with E-state index in [1.165, 1.54) is 6.07 Å². The third kappa shape index (κ3) is 4.61. The van der Waals surface area contributed by atoms with Crippen molar-refractivity contribution in [3.8, 4) is 0 Å². The highest BCUT2D eigenvalue weighted by atomic mass is 19.1. The molecule has 3 rings (SSSR count). The molecule has 2 fully saturated rings. The van der Waals surface area contributed by atoms with Gasteiger partial charge in [0.1, 0.15) is 5.82 Å². The smallest absolute Gasteiger partial charge is 0.225 e. The van der Waals surface area contributed by atoms with Crippen LogP contribution in [-0.4, -0.2) is 72.8 Å². The zero-order valence-electron chi connectivity index (χ0n) is 15.5. The summed E-state index contributed by atoms with van der Waals surface area (Å²) in [6.07, 6.45) is 2.21. The van der Waals surface area contributed by atoms with Crippen LogP contribution in [0.2, 0.25) is 0 Å². The maximum atomic E-state index is 13.7. The molecule has 0 saturated carbocycles. The summed E-state index contributed by atoms with van der Waals surface area (Å²) < 4.78 is 13.7. The van der Waals surface area contributed by atoms with Crippen LogP contribution in [0.4, 0.5) is 4.39 Å². The lowest BCUT2D eigenvalue weighted by atomic mass is 9.94. The van der Waals surface area contributed by atoms with Crippen molar-refractivity contribution in [1.82, 2.24) is 14.7 Å². The van der Waals surface area contributed by atoms with E-state index in [0.29, 0.717) is 31.5 Å². The van der Waals surface area contributed by atoms with Crippen LogP contribution < -0.4 is 0 Å². The Balaban J connectivity index is 1.43. The van der Waals surface area contributed by atoms with Gasteiger partial charge in [-0.25, -0.2) is 4.39 Å². The van der Waals surface area contributed by atoms with Gasteiger partial charge in [-0.15, -0.1) is 0 Å². The van der Waals surface area contributed by atoms with Gasteiger partial charge < -0.3 is 14.7 Å². The number of carbonyl (C=O) groups is 2. The van der Waals surface area contributed by atoms with E-state index in [-0.39, 0.29) is 23.5 Å². The van der Waals surface area contributed by atoms with Crippen LogP contribution in [0.5, 0.6) is 0 Å². The molecule has 2 aliphatic heterocycles. The summed E-state index contributed by atoms with van der Waals surface area (Å²) in [4.78, 5) is 31.1. The van der Waals surface area contributed by atoms with Crippen molar-refractivity contribution >= 4 is 11.8 Å². The first-order chi connectivity index (χ1) is 12.5. The number of hydrogen-bond acceptors (Lipinski definition) is 3. The summed E-state index contributed by atoms with van der Waals surface area (Å²) in [6.45, 7) is 4.72. The lowest BCUT2D eigenvalue weighted by molar-refractivity contribution is -0.141. The van der Waals surface area contributed by atoms with Gasteiger partial charge in [-0.3, -0.25) is 9.59 Å². The Labute approximate surface area is 154 Å². The molecule has 142 valence electrons. The normalized spacial score (nSPS) is 19.6. The number of rotatable bonds is 4. The average molecular weight is 361 g/mol. The second-order valence-corrected chi connectivity index (χ2v) is 7.38. The molecule has 1 aromatic rings. The van der Waals surface area contributed by atoms with Crippen molar-refractivity contribution < 1.29 is 14.0 Å². The van der Waals surface area contributed by atoms with E-state index in [9.17, 15) is 14.0 Å². The largest absolute Gasteiger partial charge is 0.343 e. The second kappa shape index (κ2) is 8.62. The molecular weight excluding hydrogens is 333 g/mol. The molecular formula is C20H28FN3O2. The molecule has 0 N–H and O–H groups in total. The van der Waals surface area contributed by atoms with Gasteiger partial charge >= 0.3 is 0 Å². The van der Waals surface area contributed by atoms with Crippen molar-refractivity contribution in [1.29, 1.82) is 0 Å². The van der Waals surface area contributed by atoms with Gasteiger partial charge in [-0.2, -0.15) is 0 Å². The van der Waals surface area contributed by atoms with Crippen molar-refractivity contribution in [2.45, 2.75) is 25.7 Å². The summed E-state index contributed by atoms with van der Waals surface area (Å²) in [6, 6.07) is 6.60. The summed E-state index contributed by atoms with van der Waals surface area (Å²) in [7, 11) is 2.08. The number of aryl methyl sites for hydroxylation is 1. The fraction of sp³-hybridized carbons (Fsp3) is 0.600. The average Bonchev–Trinajstić information content (AvgIpc) is 2.67. The molecule has 2 amide bonds. The van der Waals surface area contributed by atoms with E-state index in [1.54, 1.807) is 18.2 Å². The van der Waals surface area contributed by atoms with E-state index in [0.717, 1.165) is 39.0 Å². The predicted octanol–water partition coefficient (Wildman–Crippen LogP) is 1.77. The maximum absolute atomic E-state index is 13.7. The lowest BCUT2D eigenvalue weighted by Crippen LogP contribution is -2.51. The van der Waals surface area contributed by atoms with Gasteiger partial charge in [-0.1, -0.05) is 18.2 Å². The third-order valence-electron chi connectivity index (χ3n) is 5.58. The van der Waals surface area contributed by atoms with Crippen LogP contribution in [0.3, 0.4) is 0 Å². The zero-order chi connectivity index (χ0) is 18.5. The van der Waals surface area contributed by atoms with E-state index in [1.807, 2.05) is 9.80 Å². The van der Waals surface area contributed by atoms with Crippen LogP contribution in [0, 0.1) is 11.7 Å². The van der Waals surface area contributed by atoms with Crippen LogP contribution in [0.15, 0.2) is 24.3 Å². The van der Waals surface area contributed by atoms with Crippen LogP contribution >= 0.6 is 0 Å². The quantitative estimate of drug-likeness (QED) is 0.821. The van der Waals surface area contributed by atoms with E-state index in [4.69, 9.17) is 0 Å². The molecule has 5 nitrogen and oxygen atoms in total. The predicted molar refractivity (Wildman–Crippen MR) is 98.1 cm³/mol. The molecule has 0 radical (unpaired) electrons. The molecule has 26 heavy (non-hydrogen) atoms. The van der Waals surface area contributed by atoms with Crippen LogP contribution in [-0.2, 0) is 16.0 Å². The first-order valence-electron chi connectivity index (χ1n) is 9.53. The molecule has 1 aromatic carbocycles. The van der Waals surface area contributed by atoms with Gasteiger partial charge in [0.15, 0.2) is 0 Å². The molecule has 0 bridgehead atoms. The van der Waals surface area contributed by atoms with Gasteiger partial charge in [-0.05, 0) is 37.9 Å². The number of nitrogens with zero attached hydrogens (tertiary/aromatic N) is 3. The van der Waals surface area contributed by atoms with E-state index >= 15 is 0 Å². The van der Waals surface area contributed by atoms with Gasteiger partial charge in [0.25, 0.3) is 0 Å². The Kier molecular flexibility index (Phi) is 6.25. The van der Waals surface area contributed by atoms with Gasteiger partial charge in [0, 0.05) is 51.6 Å². The number of carbonyl (C=O) groups excluding carboxylic acids is 2. The molecule has 2 saturated heterocycles. The second-order valence-electron chi connectivity index (χ2n) is 7.38. The zero-order valence-corrected chi connectivity index (χ0v) is 15.5. The van der Waals surface area contributed by atoms with Crippen LogP contribution in [0.25, 0.3) is 0 Å². The minimum absolute atomic E-state index is 0.0361. The van der Waals surface area contributed by atoms with Crippen molar-refractivity contribution in [3.63, 3.8) is 0 Å². The van der Waals surface area contributed by atoms with Crippen molar-refractivity contribution in [3.05, 3.63) is 35.6 Å². The SMILES string of the molecule is CN1CCN(C(=O)C2CCN(C(=O)CCc3ccccc3F)CC2)CC1. The Morgan fingerprint density at radius 1 is 1.00 bits per heavy atom. The Morgan fingerprint density at radius 3 is 2.31 bits per heavy atom. The van der Waals surface area contributed by atoms with Crippen molar-refractivity contribution in [2.75, 3.05) is 46.3 Å². The molecule has 6 heteroatoms. The lowest BCUT2D eigenvalue weighted by Gasteiger charge is -2.37.